The van der Waals surface area contributed by atoms with Gasteiger partial charge in [-0.15, -0.1) is 0 Å². The molecule has 2 aromatic carbocycles. The van der Waals surface area contributed by atoms with E-state index in [1.807, 2.05) is 30.3 Å². The normalized spacial score (nSPS) is 10.4. The van der Waals surface area contributed by atoms with Gasteiger partial charge in [-0.1, -0.05) is 42.5 Å². The highest BCUT2D eigenvalue weighted by Gasteiger charge is 2.01. The van der Waals surface area contributed by atoms with E-state index >= 15 is 0 Å². The van der Waals surface area contributed by atoms with Crippen molar-refractivity contribution in [3.05, 3.63) is 65.2 Å². The molecule has 3 N–H and O–H groups in total. The summed E-state index contributed by atoms with van der Waals surface area (Å²) in [5.41, 5.74) is 9.22. The summed E-state index contributed by atoms with van der Waals surface area (Å²) in [5, 5.41) is 3.42. The first-order valence-electron chi connectivity index (χ1n) is 6.44. The minimum absolute atomic E-state index is 0.584. The minimum Gasteiger partial charge on any atom is -0.496 e. The number of para-hydroxylation sites is 1. The fourth-order valence-electron chi connectivity index (χ4n) is 2.06. The third-order valence-electron chi connectivity index (χ3n) is 3.06. The zero-order valence-corrected chi connectivity index (χ0v) is 11.2. The van der Waals surface area contributed by atoms with Crippen LogP contribution in [0.2, 0.25) is 0 Å². The number of nitrogens with two attached hydrogens (primary N) is 1. The predicted molar refractivity (Wildman–Crippen MR) is 77.9 cm³/mol. The van der Waals surface area contributed by atoms with Crippen molar-refractivity contribution in [1.29, 1.82) is 0 Å². The van der Waals surface area contributed by atoms with E-state index in [0.717, 1.165) is 24.4 Å². The van der Waals surface area contributed by atoms with Crippen molar-refractivity contribution in [1.82, 2.24) is 5.32 Å². The lowest BCUT2D eigenvalue weighted by atomic mass is 10.1. The van der Waals surface area contributed by atoms with Gasteiger partial charge in [-0.2, -0.15) is 0 Å². The number of ether oxygens (including phenoxy) is 1. The number of methoxy groups -OCH3 is 1. The van der Waals surface area contributed by atoms with Gasteiger partial charge in [0.05, 0.1) is 7.11 Å². The maximum absolute atomic E-state index is 5.64. The Bertz CT molecular complexity index is 526. The smallest absolute Gasteiger partial charge is 0.123 e. The average molecular weight is 256 g/mol. The molecule has 0 aliphatic rings. The third kappa shape index (κ3) is 3.81. The number of benzene rings is 2. The molecule has 0 amide bonds. The van der Waals surface area contributed by atoms with Crippen molar-refractivity contribution in [2.24, 2.45) is 5.73 Å². The van der Waals surface area contributed by atoms with Crippen molar-refractivity contribution < 1.29 is 4.74 Å². The molecule has 0 spiro atoms. The standard InChI is InChI=1S/C16H20N2O/c1-19-16-8-3-2-7-15(16)12-18-11-14-6-4-5-13(9-14)10-17/h2-9,18H,10-12,17H2,1H3. The van der Waals surface area contributed by atoms with E-state index in [4.69, 9.17) is 10.5 Å². The number of nitrogens with one attached hydrogen (secondary N) is 1. The van der Waals surface area contributed by atoms with Gasteiger partial charge in [-0.05, 0) is 17.2 Å². The van der Waals surface area contributed by atoms with E-state index in [0.29, 0.717) is 6.54 Å². The summed E-state index contributed by atoms with van der Waals surface area (Å²) in [5.74, 6) is 0.922. The van der Waals surface area contributed by atoms with Gasteiger partial charge in [0, 0.05) is 25.2 Å². The summed E-state index contributed by atoms with van der Waals surface area (Å²) >= 11 is 0. The zero-order valence-electron chi connectivity index (χ0n) is 11.2. The summed E-state index contributed by atoms with van der Waals surface area (Å²) in [6, 6.07) is 16.4. The van der Waals surface area contributed by atoms with Crippen LogP contribution in [0, 0.1) is 0 Å². The minimum atomic E-state index is 0.584. The fraction of sp³-hybridized carbons (Fsp3) is 0.250. The molecule has 0 saturated carbocycles. The van der Waals surface area contributed by atoms with E-state index in [-0.39, 0.29) is 0 Å². The Balaban J connectivity index is 1.92. The largest absolute Gasteiger partial charge is 0.496 e. The lowest BCUT2D eigenvalue weighted by molar-refractivity contribution is 0.407. The Morgan fingerprint density at radius 1 is 1.00 bits per heavy atom. The molecule has 0 bridgehead atoms. The number of hydrogen-bond donors (Lipinski definition) is 2. The average Bonchev–Trinajstić information content (AvgIpc) is 2.48. The molecule has 3 nitrogen and oxygen atoms in total. The van der Waals surface area contributed by atoms with E-state index in [9.17, 15) is 0 Å². The van der Waals surface area contributed by atoms with Gasteiger partial charge in [-0.25, -0.2) is 0 Å². The molecule has 0 aliphatic carbocycles. The summed E-state index contributed by atoms with van der Waals surface area (Å²) < 4.78 is 5.33. The molecule has 19 heavy (non-hydrogen) atoms. The van der Waals surface area contributed by atoms with Gasteiger partial charge in [-0.3, -0.25) is 0 Å². The van der Waals surface area contributed by atoms with Crippen LogP contribution < -0.4 is 15.8 Å². The van der Waals surface area contributed by atoms with Crippen LogP contribution in [0.5, 0.6) is 5.75 Å². The fourth-order valence-corrected chi connectivity index (χ4v) is 2.06. The first-order valence-corrected chi connectivity index (χ1v) is 6.44. The van der Waals surface area contributed by atoms with E-state index in [2.05, 4.69) is 23.5 Å². The molecule has 0 atom stereocenters. The molecule has 0 heterocycles. The van der Waals surface area contributed by atoms with Crippen LogP contribution in [0.25, 0.3) is 0 Å². The highest BCUT2D eigenvalue weighted by atomic mass is 16.5. The monoisotopic (exact) mass is 256 g/mol. The highest BCUT2D eigenvalue weighted by Crippen LogP contribution is 2.16. The molecule has 0 unspecified atom stereocenters. The lowest BCUT2D eigenvalue weighted by Crippen LogP contribution is -2.13. The maximum atomic E-state index is 5.64. The van der Waals surface area contributed by atoms with E-state index in [1.165, 1.54) is 11.1 Å². The molecule has 0 aliphatic heterocycles. The zero-order chi connectivity index (χ0) is 13.5. The van der Waals surface area contributed by atoms with E-state index in [1.54, 1.807) is 7.11 Å². The van der Waals surface area contributed by atoms with Gasteiger partial charge in [0.15, 0.2) is 0 Å². The van der Waals surface area contributed by atoms with Gasteiger partial charge in [0.2, 0.25) is 0 Å². The van der Waals surface area contributed by atoms with Crippen LogP contribution in [-0.4, -0.2) is 7.11 Å². The first kappa shape index (κ1) is 13.6. The SMILES string of the molecule is COc1ccccc1CNCc1cccc(CN)c1. The van der Waals surface area contributed by atoms with Crippen LogP contribution in [-0.2, 0) is 19.6 Å². The number of rotatable bonds is 6. The number of hydrogen-bond acceptors (Lipinski definition) is 3. The van der Waals surface area contributed by atoms with Crippen molar-refractivity contribution in [3.63, 3.8) is 0 Å². The van der Waals surface area contributed by atoms with E-state index < -0.39 is 0 Å². The molecule has 2 rings (SSSR count). The molecular formula is C16H20N2O. The van der Waals surface area contributed by atoms with Gasteiger partial charge < -0.3 is 15.8 Å². The van der Waals surface area contributed by atoms with Crippen molar-refractivity contribution in [2.45, 2.75) is 19.6 Å². The third-order valence-corrected chi connectivity index (χ3v) is 3.06. The van der Waals surface area contributed by atoms with Gasteiger partial charge in [0.1, 0.15) is 5.75 Å². The summed E-state index contributed by atoms with van der Waals surface area (Å²) in [4.78, 5) is 0. The Labute approximate surface area is 114 Å². The van der Waals surface area contributed by atoms with Crippen molar-refractivity contribution in [2.75, 3.05) is 7.11 Å². The molecule has 0 fully saturated rings. The molecule has 0 radical (unpaired) electrons. The summed E-state index contributed by atoms with van der Waals surface area (Å²) in [6.45, 7) is 2.20. The van der Waals surface area contributed by atoms with Crippen molar-refractivity contribution >= 4 is 0 Å². The molecular weight excluding hydrogens is 236 g/mol. The van der Waals surface area contributed by atoms with Crippen LogP contribution >= 0.6 is 0 Å². The molecule has 0 saturated heterocycles. The van der Waals surface area contributed by atoms with Gasteiger partial charge >= 0.3 is 0 Å². The molecule has 100 valence electrons. The summed E-state index contributed by atoms with van der Waals surface area (Å²) in [7, 11) is 1.70. The summed E-state index contributed by atoms with van der Waals surface area (Å²) in [6.07, 6.45) is 0. The van der Waals surface area contributed by atoms with Crippen LogP contribution in [0.15, 0.2) is 48.5 Å². The maximum Gasteiger partial charge on any atom is 0.123 e. The van der Waals surface area contributed by atoms with Crippen LogP contribution in [0.4, 0.5) is 0 Å². The van der Waals surface area contributed by atoms with Gasteiger partial charge in [0.25, 0.3) is 0 Å². The second-order valence-electron chi connectivity index (χ2n) is 4.44. The Morgan fingerprint density at radius 2 is 1.79 bits per heavy atom. The Morgan fingerprint density at radius 3 is 2.58 bits per heavy atom. The topological polar surface area (TPSA) is 47.3 Å². The lowest BCUT2D eigenvalue weighted by Gasteiger charge is -2.10. The first-order chi connectivity index (χ1) is 9.33. The second kappa shape index (κ2) is 6.92. The molecule has 2 aromatic rings. The quantitative estimate of drug-likeness (QED) is 0.834. The second-order valence-corrected chi connectivity index (χ2v) is 4.44. The molecule has 3 heteroatoms. The van der Waals surface area contributed by atoms with Crippen molar-refractivity contribution in [3.8, 4) is 5.75 Å². The Kier molecular flexibility index (Phi) is 4.95. The van der Waals surface area contributed by atoms with Crippen LogP contribution in [0.3, 0.4) is 0 Å². The highest BCUT2D eigenvalue weighted by molar-refractivity contribution is 5.33. The van der Waals surface area contributed by atoms with Crippen LogP contribution in [0.1, 0.15) is 16.7 Å². The Hall–Kier alpha value is -1.84. The predicted octanol–water partition coefficient (Wildman–Crippen LogP) is 2.44. The molecule has 0 aromatic heterocycles.